The number of nitrogens with zero attached hydrogens (tertiary/aromatic N) is 3. The van der Waals surface area contributed by atoms with E-state index in [2.05, 4.69) is 48.5 Å². The van der Waals surface area contributed by atoms with Crippen LogP contribution in [0.5, 0.6) is 0 Å². The summed E-state index contributed by atoms with van der Waals surface area (Å²) in [5.74, 6) is 0. The molecule has 0 fully saturated rings. The lowest BCUT2D eigenvalue weighted by atomic mass is 10.1. The van der Waals surface area contributed by atoms with Crippen molar-refractivity contribution in [3.05, 3.63) is 144 Å². The van der Waals surface area contributed by atoms with E-state index in [1.54, 1.807) is 24.4 Å². The molecule has 0 spiro atoms. The summed E-state index contributed by atoms with van der Waals surface area (Å²) in [5, 5.41) is 18.4. The Morgan fingerprint density at radius 3 is 1.76 bits per heavy atom. The molecule has 0 saturated carbocycles. The summed E-state index contributed by atoms with van der Waals surface area (Å²) in [6.07, 6.45) is 1.77. The number of hydrogen-bond donors (Lipinski definition) is 0. The lowest BCUT2D eigenvalue weighted by molar-refractivity contribution is -0.384. The maximum Gasteiger partial charge on any atom is 0.294 e. The number of nitro groups is 1. The fraction of sp³-hybridized carbons (Fsp3) is 0. The molecule has 0 bridgehead atoms. The van der Waals surface area contributed by atoms with E-state index in [0.717, 1.165) is 37.6 Å². The number of pyridine rings is 1. The molecule has 1 heterocycles. The number of benzene rings is 5. The van der Waals surface area contributed by atoms with Crippen LogP contribution < -0.4 is 16.0 Å². The summed E-state index contributed by atoms with van der Waals surface area (Å²) < 4.78 is 5.43. The second kappa shape index (κ2) is 9.45. The van der Waals surface area contributed by atoms with Gasteiger partial charge in [-0.25, -0.2) is 4.74 Å². The van der Waals surface area contributed by atoms with Crippen LogP contribution in [0.1, 0.15) is 0 Å². The summed E-state index contributed by atoms with van der Waals surface area (Å²) in [5.41, 5.74) is 1.11. The van der Waals surface area contributed by atoms with Crippen molar-refractivity contribution in [2.75, 3.05) is 0 Å². The molecule has 0 aliphatic rings. The Morgan fingerprint density at radius 2 is 1.16 bits per heavy atom. The van der Waals surface area contributed by atoms with Gasteiger partial charge in [0.1, 0.15) is 5.69 Å². The first kappa shape index (κ1) is 22.8. The van der Waals surface area contributed by atoms with Gasteiger partial charge in [-0.05, 0) is 39.7 Å². The molecule has 0 unspecified atom stereocenters. The van der Waals surface area contributed by atoms with Gasteiger partial charge in [0.05, 0.1) is 17.4 Å². The molecule has 0 atom stereocenters. The van der Waals surface area contributed by atoms with E-state index in [-0.39, 0.29) is 10.6 Å². The van der Waals surface area contributed by atoms with Crippen molar-refractivity contribution >= 4 is 56.0 Å². The highest BCUT2D eigenvalue weighted by Gasteiger charge is 2.33. The number of para-hydroxylation sites is 1. The van der Waals surface area contributed by atoms with E-state index in [9.17, 15) is 10.1 Å². The van der Waals surface area contributed by atoms with Gasteiger partial charge in [0.15, 0.2) is 0 Å². The molecule has 37 heavy (non-hydrogen) atoms. The molecule has 1 aromatic heterocycles. The summed E-state index contributed by atoms with van der Waals surface area (Å²) in [7, 11) is -2.92. The van der Waals surface area contributed by atoms with Crippen molar-refractivity contribution in [1.82, 2.24) is 4.98 Å². The Hall–Kier alpha value is -4.60. The Balaban J connectivity index is 1.89. The van der Waals surface area contributed by atoms with Gasteiger partial charge >= 0.3 is 0 Å². The van der Waals surface area contributed by atoms with E-state index in [1.165, 1.54) is 6.07 Å². The number of rotatable bonds is 5. The lowest BCUT2D eigenvalue weighted by Crippen LogP contribution is -2.28. The van der Waals surface area contributed by atoms with Crippen LogP contribution in [0, 0.1) is 10.1 Å². The predicted octanol–water partition coefficient (Wildman–Crippen LogP) is 7.11. The van der Waals surface area contributed by atoms with Crippen LogP contribution in [-0.2, 0) is 0 Å². The molecule has 5 aromatic carbocycles. The summed E-state index contributed by atoms with van der Waals surface area (Å²) >= 11 is 0. The third-order valence-electron chi connectivity index (χ3n) is 6.55. The fourth-order valence-corrected chi connectivity index (χ4v) is 8.73. The molecule has 5 nitrogen and oxygen atoms in total. The highest BCUT2D eigenvalue weighted by atomic mass is 31.2. The van der Waals surface area contributed by atoms with Gasteiger partial charge in [-0.1, -0.05) is 103 Å². The van der Waals surface area contributed by atoms with E-state index in [4.69, 9.17) is 9.73 Å². The maximum atomic E-state index is 12.1. The van der Waals surface area contributed by atoms with E-state index in [0.29, 0.717) is 5.69 Å². The first-order valence-corrected chi connectivity index (χ1v) is 13.7. The monoisotopic (exact) mass is 499 g/mol. The minimum atomic E-state index is -2.92. The molecular weight excluding hydrogens is 477 g/mol. The molecule has 178 valence electrons. The van der Waals surface area contributed by atoms with Crippen molar-refractivity contribution < 1.29 is 4.92 Å². The summed E-state index contributed by atoms with van der Waals surface area (Å²) in [6.45, 7) is 0. The number of hydrogen-bond acceptors (Lipinski definition) is 4. The predicted molar refractivity (Wildman–Crippen MR) is 153 cm³/mol. The molecule has 0 amide bonds. The Labute approximate surface area is 214 Å². The lowest BCUT2D eigenvalue weighted by Gasteiger charge is -2.28. The van der Waals surface area contributed by atoms with Crippen LogP contribution in [0.25, 0.3) is 21.5 Å². The number of fused-ring (bicyclic) bond motifs is 2. The molecule has 0 N–H and O–H groups in total. The van der Waals surface area contributed by atoms with Gasteiger partial charge < -0.3 is 0 Å². The van der Waals surface area contributed by atoms with Gasteiger partial charge in [0, 0.05) is 22.9 Å². The smallest absolute Gasteiger partial charge is 0.258 e. The van der Waals surface area contributed by atoms with Gasteiger partial charge in [0.2, 0.25) is 0 Å². The van der Waals surface area contributed by atoms with Crippen molar-refractivity contribution in [2.45, 2.75) is 0 Å². The minimum Gasteiger partial charge on any atom is -0.258 e. The quantitative estimate of drug-likeness (QED) is 0.144. The third kappa shape index (κ3) is 3.90. The molecule has 0 saturated heterocycles. The number of aromatic nitrogens is 1. The van der Waals surface area contributed by atoms with Crippen LogP contribution in [0.4, 0.5) is 11.4 Å². The Morgan fingerprint density at radius 1 is 0.622 bits per heavy atom. The van der Waals surface area contributed by atoms with Crippen LogP contribution in [0.2, 0.25) is 0 Å². The van der Waals surface area contributed by atoms with E-state index < -0.39 is 7.05 Å². The largest absolute Gasteiger partial charge is 0.294 e. The summed E-state index contributed by atoms with van der Waals surface area (Å²) in [4.78, 5) is 16.6. The van der Waals surface area contributed by atoms with Crippen molar-refractivity contribution in [2.24, 2.45) is 4.74 Å². The average Bonchev–Trinajstić information content (AvgIpc) is 2.96. The molecule has 0 aliphatic carbocycles. The van der Waals surface area contributed by atoms with Crippen LogP contribution in [0.3, 0.4) is 0 Å². The zero-order valence-corrected chi connectivity index (χ0v) is 20.7. The van der Waals surface area contributed by atoms with Gasteiger partial charge in [-0.3, -0.25) is 15.1 Å². The van der Waals surface area contributed by atoms with E-state index in [1.807, 2.05) is 54.6 Å². The second-order valence-corrected chi connectivity index (χ2v) is 11.6. The van der Waals surface area contributed by atoms with Crippen molar-refractivity contribution in [3.63, 3.8) is 0 Å². The van der Waals surface area contributed by atoms with Crippen molar-refractivity contribution in [1.29, 1.82) is 0 Å². The van der Waals surface area contributed by atoms with Crippen LogP contribution in [-0.4, -0.2) is 9.91 Å². The minimum absolute atomic E-state index is 0.0247. The summed E-state index contributed by atoms with van der Waals surface area (Å²) in [6, 6.07) is 41.4. The maximum absolute atomic E-state index is 12.1. The second-order valence-electron chi connectivity index (χ2n) is 8.67. The van der Waals surface area contributed by atoms with Crippen LogP contribution >= 0.6 is 7.05 Å². The van der Waals surface area contributed by atoms with Crippen LogP contribution in [0.15, 0.2) is 138 Å². The van der Waals surface area contributed by atoms with Gasteiger partial charge in [-0.15, -0.1) is 0 Å². The highest BCUT2D eigenvalue weighted by molar-refractivity contribution is 7.88. The first-order valence-electron chi connectivity index (χ1n) is 11.9. The average molecular weight is 500 g/mol. The standard InChI is InChI=1S/C31H22N3O2P/c35-34(36)28-18-6-5-17-27(28)33-37(31-21-7-8-22-32-31,29-19-9-13-23-11-1-3-15-25(23)29)30-20-10-14-24-12-2-4-16-26(24)30/h1-22H. The SMILES string of the molecule is O=[N+]([O-])c1ccccc1N=P(c1ccccn1)(c1cccc2ccccc12)c1cccc2ccccc12. The molecule has 0 aliphatic heterocycles. The Kier molecular flexibility index (Phi) is 5.84. The Bertz CT molecular complexity index is 1740. The zero-order chi connectivity index (χ0) is 25.2. The van der Waals surface area contributed by atoms with E-state index >= 15 is 0 Å². The zero-order valence-electron chi connectivity index (χ0n) is 19.8. The molecule has 6 rings (SSSR count). The topological polar surface area (TPSA) is 68.4 Å². The third-order valence-corrected chi connectivity index (χ3v) is 10.2. The van der Waals surface area contributed by atoms with Gasteiger partial charge in [0.25, 0.3) is 5.69 Å². The fourth-order valence-electron chi connectivity index (χ4n) is 4.93. The van der Waals surface area contributed by atoms with Gasteiger partial charge in [-0.2, -0.15) is 0 Å². The molecule has 6 heteroatoms. The molecule has 0 radical (unpaired) electrons. The first-order chi connectivity index (χ1) is 18.2. The number of nitro benzene ring substituents is 1. The highest BCUT2D eigenvalue weighted by Crippen LogP contribution is 2.52. The van der Waals surface area contributed by atoms with Crippen molar-refractivity contribution in [3.8, 4) is 0 Å². The molecule has 6 aromatic rings. The normalized spacial score (nSPS) is 11.5. The molecular formula is C31H22N3O2P.